The molecule has 4 N–H and O–H groups in total. The molecule has 0 radical (unpaired) electrons. The van der Waals surface area contributed by atoms with E-state index in [-0.39, 0.29) is 23.1 Å². The third-order valence-electron chi connectivity index (χ3n) is 2.11. The number of hydrogen-bond acceptors (Lipinski definition) is 3. The highest BCUT2D eigenvalue weighted by atomic mass is 16.3. The van der Waals surface area contributed by atoms with Gasteiger partial charge in [-0.05, 0) is 6.07 Å². The Labute approximate surface area is 85.4 Å². The maximum absolute atomic E-state index is 10.8. The molecule has 1 aromatic heterocycles. The van der Waals surface area contributed by atoms with Gasteiger partial charge in [0.05, 0.1) is 11.2 Å². The van der Waals surface area contributed by atoms with E-state index < -0.39 is 0 Å². The first-order valence-electron chi connectivity index (χ1n) is 4.39. The highest BCUT2D eigenvalue weighted by Crippen LogP contribution is 2.37. The van der Waals surface area contributed by atoms with Crippen molar-refractivity contribution >= 4 is 22.5 Å². The van der Waals surface area contributed by atoms with Crippen LogP contribution in [0, 0.1) is 0 Å². The molecular formula is C10H10N2O3. The predicted octanol–water partition coefficient (Wildman–Crippen LogP) is 1.54. The second-order valence-corrected chi connectivity index (χ2v) is 3.24. The van der Waals surface area contributed by atoms with Crippen molar-refractivity contribution in [2.75, 3.05) is 5.32 Å². The van der Waals surface area contributed by atoms with Crippen LogP contribution in [0.5, 0.6) is 11.5 Å². The summed E-state index contributed by atoms with van der Waals surface area (Å²) in [6, 6.07) is 2.92. The highest BCUT2D eigenvalue weighted by molar-refractivity contribution is 6.00. The van der Waals surface area contributed by atoms with Gasteiger partial charge in [0.15, 0.2) is 0 Å². The summed E-state index contributed by atoms with van der Waals surface area (Å²) in [6.07, 6.45) is 1.60. The van der Waals surface area contributed by atoms with E-state index in [0.717, 1.165) is 0 Å². The normalized spacial score (nSPS) is 10.5. The zero-order valence-electron chi connectivity index (χ0n) is 8.03. The highest BCUT2D eigenvalue weighted by Gasteiger charge is 2.12. The Kier molecular flexibility index (Phi) is 2.00. The molecule has 0 aliphatic rings. The molecule has 0 saturated heterocycles. The van der Waals surface area contributed by atoms with Crippen LogP contribution in [0.4, 0.5) is 5.69 Å². The van der Waals surface area contributed by atoms with Crippen LogP contribution >= 0.6 is 0 Å². The van der Waals surface area contributed by atoms with Gasteiger partial charge in [-0.2, -0.15) is 0 Å². The minimum absolute atomic E-state index is 0.0171. The van der Waals surface area contributed by atoms with Crippen molar-refractivity contribution in [2.24, 2.45) is 0 Å². The number of aromatic hydroxyl groups is 2. The van der Waals surface area contributed by atoms with Gasteiger partial charge in [-0.1, -0.05) is 0 Å². The number of benzene rings is 1. The Bertz CT molecular complexity index is 531. The number of H-pyrrole nitrogens is 1. The van der Waals surface area contributed by atoms with Gasteiger partial charge in [-0.15, -0.1) is 0 Å². The largest absolute Gasteiger partial charge is 0.506 e. The van der Waals surface area contributed by atoms with Crippen molar-refractivity contribution < 1.29 is 15.0 Å². The fourth-order valence-corrected chi connectivity index (χ4v) is 1.49. The molecule has 1 heterocycles. The Morgan fingerprint density at radius 2 is 2.20 bits per heavy atom. The molecule has 2 aromatic rings. The van der Waals surface area contributed by atoms with E-state index >= 15 is 0 Å². The molecule has 2 rings (SSSR count). The average Bonchev–Trinajstić information content (AvgIpc) is 2.61. The van der Waals surface area contributed by atoms with E-state index in [1.165, 1.54) is 13.0 Å². The summed E-state index contributed by atoms with van der Waals surface area (Å²) in [5, 5.41) is 22.3. The van der Waals surface area contributed by atoms with Crippen molar-refractivity contribution in [2.45, 2.75) is 6.92 Å². The van der Waals surface area contributed by atoms with Crippen LogP contribution in [0.1, 0.15) is 6.92 Å². The average molecular weight is 206 g/mol. The number of amides is 1. The van der Waals surface area contributed by atoms with Crippen molar-refractivity contribution in [3.63, 3.8) is 0 Å². The number of aromatic amines is 1. The molecule has 0 unspecified atom stereocenters. The Morgan fingerprint density at radius 3 is 2.87 bits per heavy atom. The number of carbonyl (C=O) groups is 1. The molecule has 0 fully saturated rings. The number of carbonyl (C=O) groups excluding carboxylic acids is 1. The molecule has 0 spiro atoms. The van der Waals surface area contributed by atoms with E-state index in [9.17, 15) is 15.0 Å². The zero-order chi connectivity index (χ0) is 11.0. The first-order chi connectivity index (χ1) is 7.09. The molecule has 0 aliphatic heterocycles. The third kappa shape index (κ3) is 1.48. The molecule has 0 atom stereocenters. The van der Waals surface area contributed by atoms with E-state index in [4.69, 9.17) is 0 Å². The second-order valence-electron chi connectivity index (χ2n) is 3.24. The fraction of sp³-hybridized carbons (Fsp3) is 0.100. The van der Waals surface area contributed by atoms with E-state index in [1.54, 1.807) is 12.3 Å². The number of phenols is 2. The molecule has 1 aromatic carbocycles. The lowest BCUT2D eigenvalue weighted by molar-refractivity contribution is -0.114. The van der Waals surface area contributed by atoms with E-state index in [0.29, 0.717) is 10.9 Å². The van der Waals surface area contributed by atoms with Crippen molar-refractivity contribution in [1.29, 1.82) is 0 Å². The van der Waals surface area contributed by atoms with Crippen molar-refractivity contribution in [1.82, 2.24) is 4.98 Å². The quantitative estimate of drug-likeness (QED) is 0.421. The maximum Gasteiger partial charge on any atom is 0.221 e. The Balaban J connectivity index is 2.65. The Morgan fingerprint density at radius 1 is 1.47 bits per heavy atom. The molecule has 5 heteroatoms. The van der Waals surface area contributed by atoms with Crippen LogP contribution in [-0.2, 0) is 4.79 Å². The van der Waals surface area contributed by atoms with Crippen LogP contribution in [-0.4, -0.2) is 21.1 Å². The smallest absolute Gasteiger partial charge is 0.221 e. The van der Waals surface area contributed by atoms with Gasteiger partial charge in [-0.3, -0.25) is 4.79 Å². The summed E-state index contributed by atoms with van der Waals surface area (Å²) >= 11 is 0. The second kappa shape index (κ2) is 3.20. The van der Waals surface area contributed by atoms with E-state index in [2.05, 4.69) is 10.3 Å². The summed E-state index contributed by atoms with van der Waals surface area (Å²) in [4.78, 5) is 13.6. The molecule has 0 aliphatic carbocycles. The van der Waals surface area contributed by atoms with Gasteiger partial charge < -0.3 is 20.5 Å². The van der Waals surface area contributed by atoms with Gasteiger partial charge >= 0.3 is 0 Å². The molecule has 78 valence electrons. The molecule has 5 nitrogen and oxygen atoms in total. The van der Waals surface area contributed by atoms with Crippen LogP contribution in [0.2, 0.25) is 0 Å². The summed E-state index contributed by atoms with van der Waals surface area (Å²) in [5.41, 5.74) is 0.647. The standard InChI is InChI=1S/C10H10N2O3/c1-5(13)12-7-4-8(14)9-6(10(7)15)2-3-11-9/h2-4,11,14-15H,1H3,(H,12,13). The number of anilines is 1. The predicted molar refractivity (Wildman–Crippen MR) is 55.9 cm³/mol. The zero-order valence-corrected chi connectivity index (χ0v) is 8.03. The summed E-state index contributed by atoms with van der Waals surface area (Å²) in [6.45, 7) is 1.33. The maximum atomic E-state index is 10.8. The first-order valence-corrected chi connectivity index (χ1v) is 4.39. The number of rotatable bonds is 1. The first kappa shape index (κ1) is 9.39. The van der Waals surface area contributed by atoms with Crippen LogP contribution < -0.4 is 5.32 Å². The third-order valence-corrected chi connectivity index (χ3v) is 2.11. The number of hydrogen-bond donors (Lipinski definition) is 4. The summed E-state index contributed by atoms with van der Waals surface area (Å²) < 4.78 is 0. The number of aromatic nitrogens is 1. The number of phenolic OH excluding ortho intramolecular Hbond substituents is 2. The van der Waals surface area contributed by atoms with Gasteiger partial charge in [0, 0.05) is 24.6 Å². The minimum atomic E-state index is -0.306. The number of nitrogens with one attached hydrogen (secondary N) is 2. The van der Waals surface area contributed by atoms with Gasteiger partial charge in [0.1, 0.15) is 11.5 Å². The fourth-order valence-electron chi connectivity index (χ4n) is 1.49. The van der Waals surface area contributed by atoms with Gasteiger partial charge in [0.2, 0.25) is 5.91 Å². The SMILES string of the molecule is CC(=O)Nc1cc(O)c2[nH]ccc2c1O. The van der Waals surface area contributed by atoms with Crippen LogP contribution in [0.15, 0.2) is 18.3 Å². The van der Waals surface area contributed by atoms with Gasteiger partial charge in [-0.25, -0.2) is 0 Å². The molecule has 15 heavy (non-hydrogen) atoms. The lowest BCUT2D eigenvalue weighted by atomic mass is 10.2. The van der Waals surface area contributed by atoms with Crippen LogP contribution in [0.25, 0.3) is 10.9 Å². The summed E-state index contributed by atoms with van der Waals surface area (Å²) in [5.74, 6) is -0.379. The van der Waals surface area contributed by atoms with Crippen molar-refractivity contribution in [3.05, 3.63) is 18.3 Å². The molecule has 0 bridgehead atoms. The van der Waals surface area contributed by atoms with Crippen LogP contribution in [0.3, 0.4) is 0 Å². The summed E-state index contributed by atoms with van der Waals surface area (Å²) in [7, 11) is 0. The molecule has 0 saturated carbocycles. The minimum Gasteiger partial charge on any atom is -0.506 e. The van der Waals surface area contributed by atoms with Gasteiger partial charge in [0.25, 0.3) is 0 Å². The topological polar surface area (TPSA) is 85.4 Å². The monoisotopic (exact) mass is 206 g/mol. The lowest BCUT2D eigenvalue weighted by Gasteiger charge is -2.07. The number of fused-ring (bicyclic) bond motifs is 1. The molecular weight excluding hydrogens is 196 g/mol. The van der Waals surface area contributed by atoms with Crippen molar-refractivity contribution in [3.8, 4) is 11.5 Å². The molecule has 1 amide bonds. The Hall–Kier alpha value is -2.17. The van der Waals surface area contributed by atoms with E-state index in [1.807, 2.05) is 0 Å². The lowest BCUT2D eigenvalue weighted by Crippen LogP contribution is -2.05.